The first kappa shape index (κ1) is 17.4. The molecule has 1 unspecified atom stereocenters. The Labute approximate surface area is 165 Å². The van der Waals surface area contributed by atoms with Crippen LogP contribution in [-0.2, 0) is 0 Å². The topological polar surface area (TPSA) is 38.1 Å². The van der Waals surface area contributed by atoms with Crippen LogP contribution in [0.3, 0.4) is 0 Å². The van der Waals surface area contributed by atoms with E-state index < -0.39 is 0 Å². The Balaban J connectivity index is 1.63. The second-order valence-electron chi connectivity index (χ2n) is 6.16. The first-order chi connectivity index (χ1) is 12.6. The number of carbonyl (C=O) groups is 1. The van der Waals surface area contributed by atoms with Crippen molar-refractivity contribution in [1.29, 1.82) is 0 Å². The van der Waals surface area contributed by atoms with E-state index >= 15 is 0 Å². The lowest BCUT2D eigenvalue weighted by molar-refractivity contribution is 0.0759. The van der Waals surface area contributed by atoms with Crippen LogP contribution in [0.4, 0.5) is 0 Å². The van der Waals surface area contributed by atoms with Crippen molar-refractivity contribution in [3.05, 3.63) is 82.1 Å². The lowest BCUT2D eigenvalue weighted by Gasteiger charge is -2.24. The van der Waals surface area contributed by atoms with E-state index in [-0.39, 0.29) is 11.3 Å². The van der Waals surface area contributed by atoms with Crippen LogP contribution in [0.15, 0.2) is 65.3 Å². The van der Waals surface area contributed by atoms with Gasteiger partial charge in [-0.3, -0.25) is 4.79 Å². The molecule has 1 fully saturated rings. The Hall–Kier alpha value is -2.05. The standard InChI is InChI=1S/C20H18BrN3OS/c1-14-18(13-22-24(14)17-5-3-2-4-6-17)19(25)23-11-12-26-20(23)15-7-9-16(21)10-8-15/h2-10,13,20H,11-12H2,1H3. The fourth-order valence-corrected chi connectivity index (χ4v) is 4.71. The molecule has 1 atom stereocenters. The minimum absolute atomic E-state index is 0.0441. The van der Waals surface area contributed by atoms with Crippen LogP contribution < -0.4 is 0 Å². The van der Waals surface area contributed by atoms with E-state index in [2.05, 4.69) is 33.2 Å². The fraction of sp³-hybridized carbons (Fsp3) is 0.200. The number of rotatable bonds is 3. The van der Waals surface area contributed by atoms with Crippen LogP contribution in [0, 0.1) is 6.92 Å². The SMILES string of the molecule is Cc1c(C(=O)N2CCSC2c2ccc(Br)cc2)cnn1-c1ccccc1. The zero-order valence-corrected chi connectivity index (χ0v) is 16.7. The normalized spacial score (nSPS) is 16.8. The maximum Gasteiger partial charge on any atom is 0.258 e. The molecule has 0 radical (unpaired) electrons. The van der Waals surface area contributed by atoms with E-state index in [9.17, 15) is 4.79 Å². The highest BCUT2D eigenvalue weighted by Gasteiger charge is 2.32. The molecule has 0 saturated carbocycles. The summed E-state index contributed by atoms with van der Waals surface area (Å²) in [6.07, 6.45) is 1.69. The molecule has 26 heavy (non-hydrogen) atoms. The van der Waals surface area contributed by atoms with Crippen molar-refractivity contribution in [2.24, 2.45) is 0 Å². The van der Waals surface area contributed by atoms with Crippen molar-refractivity contribution in [2.45, 2.75) is 12.3 Å². The second-order valence-corrected chi connectivity index (χ2v) is 8.27. The molecule has 3 aromatic rings. The summed E-state index contributed by atoms with van der Waals surface area (Å²) in [6.45, 7) is 2.70. The number of hydrogen-bond acceptors (Lipinski definition) is 3. The van der Waals surface area contributed by atoms with Gasteiger partial charge in [0.05, 0.1) is 23.1 Å². The van der Waals surface area contributed by atoms with Gasteiger partial charge in [0.25, 0.3) is 5.91 Å². The molecular weight excluding hydrogens is 410 g/mol. The zero-order chi connectivity index (χ0) is 18.1. The van der Waals surface area contributed by atoms with Gasteiger partial charge in [0.1, 0.15) is 5.37 Å². The molecule has 0 bridgehead atoms. The highest BCUT2D eigenvalue weighted by Crippen LogP contribution is 2.39. The van der Waals surface area contributed by atoms with E-state index in [1.807, 2.05) is 59.0 Å². The van der Waals surface area contributed by atoms with Gasteiger partial charge in [-0.25, -0.2) is 4.68 Å². The Kier molecular flexibility index (Phi) is 4.87. The largest absolute Gasteiger partial charge is 0.322 e. The Morgan fingerprint density at radius 2 is 1.88 bits per heavy atom. The number of carbonyl (C=O) groups excluding carboxylic acids is 1. The maximum absolute atomic E-state index is 13.2. The van der Waals surface area contributed by atoms with E-state index in [4.69, 9.17) is 0 Å². The Morgan fingerprint density at radius 3 is 2.62 bits per heavy atom. The van der Waals surface area contributed by atoms with Crippen LogP contribution in [0.5, 0.6) is 0 Å². The van der Waals surface area contributed by atoms with E-state index in [0.717, 1.165) is 33.7 Å². The number of benzene rings is 2. The summed E-state index contributed by atoms with van der Waals surface area (Å²) >= 11 is 5.27. The molecule has 2 heterocycles. The molecule has 132 valence electrons. The summed E-state index contributed by atoms with van der Waals surface area (Å²) in [5.74, 6) is 0.987. The second kappa shape index (κ2) is 7.29. The quantitative estimate of drug-likeness (QED) is 0.600. The van der Waals surface area contributed by atoms with Crippen molar-refractivity contribution in [2.75, 3.05) is 12.3 Å². The van der Waals surface area contributed by atoms with Gasteiger partial charge in [-0.1, -0.05) is 46.3 Å². The third kappa shape index (κ3) is 3.19. The van der Waals surface area contributed by atoms with Gasteiger partial charge in [0.2, 0.25) is 0 Å². The first-order valence-corrected chi connectivity index (χ1v) is 10.3. The minimum atomic E-state index is 0.0441. The van der Waals surface area contributed by atoms with Crippen molar-refractivity contribution < 1.29 is 4.79 Å². The fourth-order valence-electron chi connectivity index (χ4n) is 3.19. The molecule has 0 N–H and O–H groups in total. The number of nitrogens with zero attached hydrogens (tertiary/aromatic N) is 3. The molecule has 4 rings (SSSR count). The molecular formula is C20H18BrN3OS. The predicted molar refractivity (Wildman–Crippen MR) is 109 cm³/mol. The molecule has 1 amide bonds. The van der Waals surface area contributed by atoms with Gasteiger partial charge in [0.15, 0.2) is 0 Å². The highest BCUT2D eigenvalue weighted by molar-refractivity contribution is 9.10. The van der Waals surface area contributed by atoms with Crippen LogP contribution in [0.1, 0.15) is 27.0 Å². The lowest BCUT2D eigenvalue weighted by Crippen LogP contribution is -2.30. The maximum atomic E-state index is 13.2. The van der Waals surface area contributed by atoms with Gasteiger partial charge >= 0.3 is 0 Å². The van der Waals surface area contributed by atoms with Gasteiger partial charge < -0.3 is 4.90 Å². The van der Waals surface area contributed by atoms with Crippen molar-refractivity contribution in [3.63, 3.8) is 0 Å². The minimum Gasteiger partial charge on any atom is -0.322 e. The highest BCUT2D eigenvalue weighted by atomic mass is 79.9. The summed E-state index contributed by atoms with van der Waals surface area (Å²) in [6, 6.07) is 18.1. The molecule has 1 aliphatic heterocycles. The number of halogens is 1. The average Bonchev–Trinajstić information content (AvgIpc) is 3.29. The number of thioether (sulfide) groups is 1. The lowest BCUT2D eigenvalue weighted by atomic mass is 10.1. The number of amides is 1. The summed E-state index contributed by atoms with van der Waals surface area (Å²) in [5, 5.41) is 4.49. The Morgan fingerprint density at radius 1 is 1.15 bits per heavy atom. The van der Waals surface area contributed by atoms with Crippen LogP contribution in [0.2, 0.25) is 0 Å². The third-order valence-corrected chi connectivity index (χ3v) is 6.34. The molecule has 1 saturated heterocycles. The third-order valence-electron chi connectivity index (χ3n) is 4.55. The van der Waals surface area contributed by atoms with Gasteiger partial charge in [0, 0.05) is 16.8 Å². The van der Waals surface area contributed by atoms with Gasteiger partial charge in [-0.15, -0.1) is 11.8 Å². The van der Waals surface area contributed by atoms with E-state index in [1.165, 1.54) is 0 Å². The molecule has 4 nitrogen and oxygen atoms in total. The predicted octanol–water partition coefficient (Wildman–Crippen LogP) is 4.83. The van der Waals surface area contributed by atoms with E-state index in [0.29, 0.717) is 5.56 Å². The summed E-state index contributed by atoms with van der Waals surface area (Å²) < 4.78 is 2.87. The van der Waals surface area contributed by atoms with Crippen LogP contribution in [0.25, 0.3) is 5.69 Å². The smallest absolute Gasteiger partial charge is 0.258 e. The first-order valence-electron chi connectivity index (χ1n) is 8.43. The molecule has 0 spiro atoms. The zero-order valence-electron chi connectivity index (χ0n) is 14.3. The monoisotopic (exact) mass is 427 g/mol. The molecule has 1 aliphatic rings. The number of para-hydroxylation sites is 1. The van der Waals surface area contributed by atoms with Crippen molar-refractivity contribution in [3.8, 4) is 5.69 Å². The van der Waals surface area contributed by atoms with Crippen LogP contribution in [-0.4, -0.2) is 32.9 Å². The number of aromatic nitrogens is 2. The van der Waals surface area contributed by atoms with E-state index in [1.54, 1.807) is 18.0 Å². The van der Waals surface area contributed by atoms with Crippen molar-refractivity contribution >= 4 is 33.6 Å². The Bertz CT molecular complexity index is 924. The van der Waals surface area contributed by atoms with Gasteiger partial charge in [-0.2, -0.15) is 5.10 Å². The summed E-state index contributed by atoms with van der Waals surface area (Å²) in [4.78, 5) is 15.2. The molecule has 1 aromatic heterocycles. The molecule has 2 aromatic carbocycles. The number of hydrogen-bond donors (Lipinski definition) is 0. The van der Waals surface area contributed by atoms with Crippen molar-refractivity contribution in [1.82, 2.24) is 14.7 Å². The molecule has 6 heteroatoms. The van der Waals surface area contributed by atoms with Gasteiger partial charge in [-0.05, 0) is 36.8 Å². The summed E-state index contributed by atoms with van der Waals surface area (Å²) in [5.41, 5.74) is 3.65. The average molecular weight is 428 g/mol. The van der Waals surface area contributed by atoms with Crippen LogP contribution >= 0.6 is 27.7 Å². The molecule has 0 aliphatic carbocycles. The summed E-state index contributed by atoms with van der Waals surface area (Å²) in [7, 11) is 0.